The fourth-order valence-corrected chi connectivity index (χ4v) is 6.04. The second-order valence-corrected chi connectivity index (χ2v) is 11.7. The van der Waals surface area contributed by atoms with Crippen molar-refractivity contribution < 1.29 is 34.0 Å². The van der Waals surface area contributed by atoms with Gasteiger partial charge in [-0.05, 0) is 37.3 Å². The van der Waals surface area contributed by atoms with E-state index in [0.29, 0.717) is 31.1 Å². The summed E-state index contributed by atoms with van der Waals surface area (Å²) in [5.74, 6) is 1.38. The van der Waals surface area contributed by atoms with E-state index in [1.165, 1.54) is 0 Å². The van der Waals surface area contributed by atoms with Crippen LogP contribution in [0.1, 0.15) is 52.0 Å². The molecule has 7 unspecified atom stereocenters. The van der Waals surface area contributed by atoms with Crippen LogP contribution in [0.2, 0.25) is 0 Å². The van der Waals surface area contributed by atoms with E-state index in [4.69, 9.17) is 14.2 Å². The number of hydrogen-bond donors (Lipinski definition) is 4. The van der Waals surface area contributed by atoms with Crippen LogP contribution in [0, 0.1) is 11.8 Å². The molecule has 2 fully saturated rings. The number of hydrogen-bond acceptors (Lipinski definition) is 8. The molecule has 0 spiro atoms. The van der Waals surface area contributed by atoms with Gasteiger partial charge in [-0.1, -0.05) is 32.9 Å². The van der Waals surface area contributed by atoms with Crippen molar-refractivity contribution in [2.75, 3.05) is 13.7 Å². The molecule has 2 aromatic rings. The monoisotopic (exact) mass is 582 g/mol. The smallest absolute Gasteiger partial charge is 0.315 e. The van der Waals surface area contributed by atoms with Gasteiger partial charge in [0.2, 0.25) is 12.2 Å². The molecule has 0 bridgehead atoms. The quantitative estimate of drug-likeness (QED) is 0.316. The number of methoxy groups -OCH3 is 1. The van der Waals surface area contributed by atoms with Crippen LogP contribution in [0.3, 0.4) is 0 Å². The van der Waals surface area contributed by atoms with E-state index < -0.39 is 36.7 Å². The maximum atomic E-state index is 12.7. The molecule has 228 valence electrons. The summed E-state index contributed by atoms with van der Waals surface area (Å²) >= 11 is 0. The predicted molar refractivity (Wildman–Crippen MR) is 158 cm³/mol. The number of fused-ring (bicyclic) bond motifs is 2. The van der Waals surface area contributed by atoms with Crippen molar-refractivity contribution in [3.8, 4) is 5.75 Å². The molecule has 11 heteroatoms. The summed E-state index contributed by atoms with van der Waals surface area (Å²) in [5, 5.41) is 28.3. The first-order valence-corrected chi connectivity index (χ1v) is 14.9. The number of allylic oxidation sites excluding steroid dienone is 2. The fourth-order valence-electron chi connectivity index (χ4n) is 6.04. The molecule has 11 nitrogen and oxygen atoms in total. The lowest BCUT2D eigenvalue weighted by Gasteiger charge is -2.37. The van der Waals surface area contributed by atoms with Gasteiger partial charge in [-0.2, -0.15) is 0 Å². The summed E-state index contributed by atoms with van der Waals surface area (Å²) < 4.78 is 19.7. The average molecular weight is 583 g/mol. The van der Waals surface area contributed by atoms with Gasteiger partial charge >= 0.3 is 6.03 Å². The molecule has 1 aliphatic carbocycles. The number of benzene rings is 1. The third-order valence-corrected chi connectivity index (χ3v) is 8.22. The number of aromatic nitrogens is 1. The Morgan fingerprint density at radius 2 is 2.07 bits per heavy atom. The van der Waals surface area contributed by atoms with Gasteiger partial charge in [-0.3, -0.25) is 4.79 Å². The molecule has 1 aromatic carbocycles. The number of aliphatic imine (C=N–C) groups is 1. The Morgan fingerprint density at radius 1 is 1.26 bits per heavy atom. The van der Waals surface area contributed by atoms with Crippen LogP contribution in [0.4, 0.5) is 4.79 Å². The summed E-state index contributed by atoms with van der Waals surface area (Å²) in [5.41, 5.74) is 1.73. The molecular formula is C31H42N4O7. The molecule has 2 aliphatic heterocycles. The number of ketones is 1. The largest absolute Gasteiger partial charge is 0.497 e. The first-order chi connectivity index (χ1) is 20.2. The minimum atomic E-state index is -1.29. The van der Waals surface area contributed by atoms with Gasteiger partial charge in [0.25, 0.3) is 0 Å². The average Bonchev–Trinajstić information content (AvgIpc) is 3.65. The van der Waals surface area contributed by atoms with E-state index in [9.17, 15) is 19.8 Å². The van der Waals surface area contributed by atoms with E-state index in [0.717, 1.165) is 35.2 Å². The molecule has 7 atom stereocenters. The SMILES string of the molecule is CC/C=C\CC1C(=O)CCC1NC(=O)NCC1OC2OC(c3cn(CC(C)C)c4cc(OC)ccc34)=NC2C(O)C1O. The highest BCUT2D eigenvalue weighted by Gasteiger charge is 2.49. The van der Waals surface area contributed by atoms with Crippen LogP contribution >= 0.6 is 0 Å². The topological polar surface area (TPSA) is 144 Å². The second-order valence-electron chi connectivity index (χ2n) is 11.7. The highest BCUT2D eigenvalue weighted by molar-refractivity contribution is 6.08. The summed E-state index contributed by atoms with van der Waals surface area (Å²) in [6.45, 7) is 7.04. The minimum Gasteiger partial charge on any atom is -0.497 e. The summed E-state index contributed by atoms with van der Waals surface area (Å²) in [6, 6.07) is 4.28. The van der Waals surface area contributed by atoms with Crippen molar-refractivity contribution in [3.05, 3.63) is 42.1 Å². The number of aliphatic hydroxyl groups excluding tert-OH is 2. The van der Waals surface area contributed by atoms with Gasteiger partial charge < -0.3 is 39.6 Å². The Hall–Kier alpha value is -3.41. The van der Waals surface area contributed by atoms with Crippen molar-refractivity contribution in [2.24, 2.45) is 16.8 Å². The number of amides is 2. The van der Waals surface area contributed by atoms with Crippen molar-refractivity contribution in [3.63, 3.8) is 0 Å². The van der Waals surface area contributed by atoms with E-state index in [1.807, 2.05) is 43.5 Å². The van der Waals surface area contributed by atoms with Crippen LogP contribution in [0.25, 0.3) is 10.9 Å². The minimum absolute atomic E-state index is 0.0550. The molecule has 5 rings (SSSR count). The van der Waals surface area contributed by atoms with Gasteiger partial charge in [-0.25, -0.2) is 9.79 Å². The van der Waals surface area contributed by atoms with Crippen LogP contribution < -0.4 is 15.4 Å². The molecule has 1 saturated heterocycles. The van der Waals surface area contributed by atoms with E-state index in [1.54, 1.807) is 7.11 Å². The van der Waals surface area contributed by atoms with E-state index >= 15 is 0 Å². The number of urea groups is 1. The number of carbonyl (C=O) groups excluding carboxylic acids is 2. The number of aliphatic hydroxyl groups is 2. The number of rotatable bonds is 10. The molecule has 3 heterocycles. The zero-order chi connectivity index (χ0) is 30.0. The van der Waals surface area contributed by atoms with Crippen LogP contribution in [-0.2, 0) is 20.8 Å². The Kier molecular flexibility index (Phi) is 9.19. The van der Waals surface area contributed by atoms with Crippen LogP contribution in [-0.4, -0.2) is 82.8 Å². The van der Waals surface area contributed by atoms with Crippen molar-refractivity contribution >= 4 is 28.6 Å². The Bertz CT molecular complexity index is 1350. The normalized spacial score (nSPS) is 29.2. The summed E-state index contributed by atoms with van der Waals surface area (Å²) in [7, 11) is 1.63. The lowest BCUT2D eigenvalue weighted by Crippen LogP contribution is -2.59. The zero-order valence-electron chi connectivity index (χ0n) is 24.7. The van der Waals surface area contributed by atoms with E-state index in [2.05, 4.69) is 34.0 Å². The van der Waals surface area contributed by atoms with Crippen molar-refractivity contribution in [1.29, 1.82) is 0 Å². The molecular weight excluding hydrogens is 540 g/mol. The molecule has 2 amide bonds. The molecule has 1 aromatic heterocycles. The van der Waals surface area contributed by atoms with Crippen LogP contribution in [0.15, 0.2) is 41.5 Å². The number of nitrogens with one attached hydrogen (secondary N) is 2. The number of ether oxygens (including phenoxy) is 3. The highest BCUT2D eigenvalue weighted by atomic mass is 16.7. The second kappa shape index (κ2) is 12.8. The third kappa shape index (κ3) is 6.18. The van der Waals surface area contributed by atoms with Crippen LogP contribution in [0.5, 0.6) is 5.75 Å². The van der Waals surface area contributed by atoms with Crippen molar-refractivity contribution in [1.82, 2.24) is 15.2 Å². The van der Waals surface area contributed by atoms with Gasteiger partial charge in [-0.15, -0.1) is 0 Å². The molecule has 3 aliphatic rings. The third-order valence-electron chi connectivity index (χ3n) is 8.22. The maximum Gasteiger partial charge on any atom is 0.315 e. The van der Waals surface area contributed by atoms with Gasteiger partial charge in [0, 0.05) is 49.1 Å². The Balaban J connectivity index is 1.23. The Morgan fingerprint density at radius 3 is 2.81 bits per heavy atom. The van der Waals surface area contributed by atoms with Gasteiger partial charge in [0.15, 0.2) is 0 Å². The molecule has 0 radical (unpaired) electrons. The number of Topliss-reactive ketones (excluding diaryl/α,β-unsaturated/α-hetero) is 1. The van der Waals surface area contributed by atoms with Gasteiger partial charge in [0.1, 0.15) is 35.9 Å². The number of nitrogens with zero attached hydrogens (tertiary/aromatic N) is 2. The zero-order valence-corrected chi connectivity index (χ0v) is 24.7. The standard InChI is InChI=1S/C31H42N4O7/c1-5-6-7-8-20-22(11-12-24(20)36)33-31(39)32-14-25-27(37)28(38)26-30(41-25)42-29(34-26)21-16-35(15-17(2)3)23-13-18(40-4)9-10-19(21)23/h6-7,9-10,13,16-17,20,22,25-28,30,37-38H,5,8,11-12,14-15H2,1-4H3,(H2,32,33,39)/b7-6-. The lowest BCUT2D eigenvalue weighted by atomic mass is 9.97. The Labute approximate surface area is 245 Å². The maximum absolute atomic E-state index is 12.7. The van der Waals surface area contributed by atoms with E-state index in [-0.39, 0.29) is 24.3 Å². The molecule has 42 heavy (non-hydrogen) atoms. The fraction of sp³-hybridized carbons (Fsp3) is 0.581. The summed E-state index contributed by atoms with van der Waals surface area (Å²) in [4.78, 5) is 29.6. The van der Waals surface area contributed by atoms with Crippen molar-refractivity contribution in [2.45, 2.75) is 89.7 Å². The predicted octanol–water partition coefficient (Wildman–Crippen LogP) is 2.90. The van der Waals surface area contributed by atoms with Gasteiger partial charge in [0.05, 0.1) is 18.2 Å². The first-order valence-electron chi connectivity index (χ1n) is 14.9. The number of carbonyl (C=O) groups is 2. The highest BCUT2D eigenvalue weighted by Crippen LogP contribution is 2.34. The summed E-state index contributed by atoms with van der Waals surface area (Å²) in [6.07, 6.45) is 4.14. The lowest BCUT2D eigenvalue weighted by molar-refractivity contribution is -0.224. The first kappa shape index (κ1) is 30.1. The molecule has 4 N–H and O–H groups in total. The molecule has 1 saturated carbocycles.